The van der Waals surface area contributed by atoms with E-state index in [1.165, 1.54) is 0 Å². The number of aryl methyl sites for hydroxylation is 1. The predicted molar refractivity (Wildman–Crippen MR) is 139 cm³/mol. The first-order valence-electron chi connectivity index (χ1n) is 10.9. The van der Waals surface area contributed by atoms with Crippen LogP contribution >= 0.6 is 11.8 Å². The van der Waals surface area contributed by atoms with E-state index in [0.29, 0.717) is 23.4 Å². The van der Waals surface area contributed by atoms with Crippen LogP contribution in [0.4, 0.5) is 5.69 Å². The normalized spacial score (nSPS) is 11.4. The minimum atomic E-state index is -0.660. The zero-order chi connectivity index (χ0) is 24.5. The Bertz CT molecular complexity index is 1130. The summed E-state index contributed by atoms with van der Waals surface area (Å²) in [5, 5.41) is 5.85. The standard InChI is InChI=1S/C27H30N2O4S/c1-18-6-5-7-20(16-18)26(30)29-24(14-15-34-4)27(31)28-21-10-13-25(33-3)23(17-21)19-8-11-22(32-2)12-9-19/h5-13,16-17,24H,14-15H2,1-4H3,(H,28,31)(H,29,30)/t24-/m0/s1. The number of carbonyl (C=O) groups is 2. The molecule has 178 valence electrons. The van der Waals surface area contributed by atoms with Crippen molar-refractivity contribution in [3.05, 3.63) is 77.9 Å². The van der Waals surface area contributed by atoms with E-state index in [1.54, 1.807) is 38.1 Å². The number of carbonyl (C=O) groups excluding carboxylic acids is 2. The summed E-state index contributed by atoms with van der Waals surface area (Å²) in [7, 11) is 3.23. The average Bonchev–Trinajstić information content (AvgIpc) is 2.86. The van der Waals surface area contributed by atoms with E-state index in [2.05, 4.69) is 10.6 Å². The fraction of sp³-hybridized carbons (Fsp3) is 0.259. The van der Waals surface area contributed by atoms with Gasteiger partial charge in [0.1, 0.15) is 17.5 Å². The third-order valence-corrected chi connectivity index (χ3v) is 6.02. The smallest absolute Gasteiger partial charge is 0.251 e. The van der Waals surface area contributed by atoms with Crippen LogP contribution in [-0.2, 0) is 4.79 Å². The fourth-order valence-corrected chi connectivity index (χ4v) is 4.02. The Hall–Kier alpha value is -3.45. The molecule has 3 rings (SSSR count). The summed E-state index contributed by atoms with van der Waals surface area (Å²) in [5.41, 5.74) is 3.92. The molecule has 0 spiro atoms. The summed E-state index contributed by atoms with van der Waals surface area (Å²) in [4.78, 5) is 25.9. The quantitative estimate of drug-likeness (QED) is 0.420. The number of anilines is 1. The molecule has 0 fully saturated rings. The Balaban J connectivity index is 1.80. The summed E-state index contributed by atoms with van der Waals surface area (Å²) in [6.07, 6.45) is 2.49. The Morgan fingerprint density at radius 3 is 2.38 bits per heavy atom. The van der Waals surface area contributed by atoms with Crippen LogP contribution in [0.15, 0.2) is 66.7 Å². The summed E-state index contributed by atoms with van der Waals surface area (Å²) in [6.45, 7) is 1.93. The van der Waals surface area contributed by atoms with Crippen molar-refractivity contribution in [1.29, 1.82) is 0 Å². The Morgan fingerprint density at radius 1 is 0.971 bits per heavy atom. The molecule has 2 amide bonds. The molecule has 0 radical (unpaired) electrons. The van der Waals surface area contributed by atoms with Crippen molar-refractivity contribution in [3.63, 3.8) is 0 Å². The van der Waals surface area contributed by atoms with Crippen molar-refractivity contribution < 1.29 is 19.1 Å². The van der Waals surface area contributed by atoms with Gasteiger partial charge in [-0.3, -0.25) is 9.59 Å². The zero-order valence-corrected chi connectivity index (χ0v) is 20.7. The van der Waals surface area contributed by atoms with Gasteiger partial charge < -0.3 is 20.1 Å². The summed E-state index contributed by atoms with van der Waals surface area (Å²) in [6, 6.07) is 19.8. The first-order chi connectivity index (χ1) is 16.4. The number of ether oxygens (including phenoxy) is 2. The maximum absolute atomic E-state index is 13.2. The molecule has 7 heteroatoms. The Morgan fingerprint density at radius 2 is 1.74 bits per heavy atom. The maximum Gasteiger partial charge on any atom is 0.251 e. The fourth-order valence-electron chi connectivity index (χ4n) is 3.54. The maximum atomic E-state index is 13.2. The van der Waals surface area contributed by atoms with Crippen LogP contribution in [0.25, 0.3) is 11.1 Å². The highest BCUT2D eigenvalue weighted by Gasteiger charge is 2.22. The number of thioether (sulfide) groups is 1. The molecular formula is C27H30N2O4S. The monoisotopic (exact) mass is 478 g/mol. The third kappa shape index (κ3) is 6.54. The summed E-state index contributed by atoms with van der Waals surface area (Å²) >= 11 is 1.63. The lowest BCUT2D eigenvalue weighted by Crippen LogP contribution is -2.44. The van der Waals surface area contributed by atoms with Crippen molar-refractivity contribution >= 4 is 29.3 Å². The van der Waals surface area contributed by atoms with Crippen LogP contribution in [0.3, 0.4) is 0 Å². The van der Waals surface area contributed by atoms with Gasteiger partial charge in [0.15, 0.2) is 0 Å². The highest BCUT2D eigenvalue weighted by Crippen LogP contribution is 2.33. The number of rotatable bonds is 10. The molecule has 2 N–H and O–H groups in total. The van der Waals surface area contributed by atoms with Crippen molar-refractivity contribution in [2.75, 3.05) is 31.5 Å². The molecule has 0 aliphatic rings. The summed E-state index contributed by atoms with van der Waals surface area (Å²) in [5.74, 6) is 1.66. The molecule has 1 atom stereocenters. The van der Waals surface area contributed by atoms with Crippen LogP contribution in [-0.4, -0.2) is 44.1 Å². The van der Waals surface area contributed by atoms with Gasteiger partial charge in [-0.2, -0.15) is 11.8 Å². The molecule has 0 aliphatic heterocycles. The summed E-state index contributed by atoms with van der Waals surface area (Å²) < 4.78 is 10.8. The number of methoxy groups -OCH3 is 2. The molecule has 3 aromatic rings. The lowest BCUT2D eigenvalue weighted by atomic mass is 10.0. The van der Waals surface area contributed by atoms with Crippen molar-refractivity contribution in [3.8, 4) is 22.6 Å². The van der Waals surface area contributed by atoms with Crippen molar-refractivity contribution in [2.45, 2.75) is 19.4 Å². The first-order valence-corrected chi connectivity index (χ1v) is 12.3. The van der Waals surface area contributed by atoms with E-state index in [-0.39, 0.29) is 11.8 Å². The highest BCUT2D eigenvalue weighted by molar-refractivity contribution is 7.98. The van der Waals surface area contributed by atoms with Crippen LogP contribution in [0.2, 0.25) is 0 Å². The SMILES string of the molecule is COc1ccc(-c2cc(NC(=O)[C@H](CCSC)NC(=O)c3cccc(C)c3)ccc2OC)cc1. The van der Waals surface area contributed by atoms with Gasteiger partial charge in [0.05, 0.1) is 14.2 Å². The Kier molecular flexibility index (Phi) is 8.99. The van der Waals surface area contributed by atoms with Gasteiger partial charge in [-0.1, -0.05) is 29.8 Å². The van der Waals surface area contributed by atoms with Gasteiger partial charge in [0, 0.05) is 16.8 Å². The number of nitrogens with one attached hydrogen (secondary N) is 2. The van der Waals surface area contributed by atoms with Gasteiger partial charge >= 0.3 is 0 Å². The van der Waals surface area contributed by atoms with Crippen molar-refractivity contribution in [2.24, 2.45) is 0 Å². The molecule has 0 saturated heterocycles. The molecule has 0 saturated carbocycles. The second kappa shape index (κ2) is 12.1. The van der Waals surface area contributed by atoms with E-state index >= 15 is 0 Å². The van der Waals surface area contributed by atoms with Crippen LogP contribution in [0, 0.1) is 6.92 Å². The van der Waals surface area contributed by atoms with E-state index in [4.69, 9.17) is 9.47 Å². The van der Waals surface area contributed by atoms with Gasteiger partial charge in [-0.05, 0) is 73.4 Å². The molecule has 34 heavy (non-hydrogen) atoms. The van der Waals surface area contributed by atoms with E-state index in [1.807, 2.05) is 67.8 Å². The second-order valence-electron chi connectivity index (χ2n) is 7.81. The lowest BCUT2D eigenvalue weighted by molar-refractivity contribution is -0.118. The average molecular weight is 479 g/mol. The molecule has 0 heterocycles. The molecular weight excluding hydrogens is 448 g/mol. The molecule has 6 nitrogen and oxygen atoms in total. The minimum Gasteiger partial charge on any atom is -0.497 e. The van der Waals surface area contributed by atoms with E-state index < -0.39 is 6.04 Å². The number of hydrogen-bond donors (Lipinski definition) is 2. The number of benzene rings is 3. The van der Waals surface area contributed by atoms with E-state index in [0.717, 1.165) is 28.2 Å². The first kappa shape index (κ1) is 25.2. The van der Waals surface area contributed by atoms with Gasteiger partial charge in [-0.25, -0.2) is 0 Å². The second-order valence-corrected chi connectivity index (χ2v) is 8.80. The number of amides is 2. The van der Waals surface area contributed by atoms with Gasteiger partial charge in [-0.15, -0.1) is 0 Å². The van der Waals surface area contributed by atoms with Crippen LogP contribution < -0.4 is 20.1 Å². The van der Waals surface area contributed by atoms with Crippen LogP contribution in [0.5, 0.6) is 11.5 Å². The van der Waals surface area contributed by atoms with Crippen molar-refractivity contribution in [1.82, 2.24) is 5.32 Å². The molecule has 0 aliphatic carbocycles. The number of hydrogen-bond acceptors (Lipinski definition) is 5. The van der Waals surface area contributed by atoms with Gasteiger partial charge in [0.2, 0.25) is 5.91 Å². The van der Waals surface area contributed by atoms with E-state index in [9.17, 15) is 9.59 Å². The molecule has 3 aromatic carbocycles. The van der Waals surface area contributed by atoms with Crippen LogP contribution in [0.1, 0.15) is 22.3 Å². The van der Waals surface area contributed by atoms with Gasteiger partial charge in [0.25, 0.3) is 5.91 Å². The minimum absolute atomic E-state index is 0.263. The zero-order valence-electron chi connectivity index (χ0n) is 19.9. The molecule has 0 aromatic heterocycles. The predicted octanol–water partition coefficient (Wildman–Crippen LogP) is 5.17. The Labute approximate surface area is 205 Å². The molecule has 0 bridgehead atoms. The highest BCUT2D eigenvalue weighted by atomic mass is 32.2. The topological polar surface area (TPSA) is 76.7 Å². The lowest BCUT2D eigenvalue weighted by Gasteiger charge is -2.19. The largest absolute Gasteiger partial charge is 0.497 e. The third-order valence-electron chi connectivity index (χ3n) is 5.38. The molecule has 0 unspecified atom stereocenters.